The van der Waals surface area contributed by atoms with Crippen LogP contribution in [0.2, 0.25) is 0 Å². The first kappa shape index (κ1) is 24.8. The number of hydrogen-bond acceptors (Lipinski definition) is 6. The number of aromatic nitrogens is 2. The predicted molar refractivity (Wildman–Crippen MR) is 133 cm³/mol. The van der Waals surface area contributed by atoms with Crippen LogP contribution in [0.25, 0.3) is 10.4 Å². The van der Waals surface area contributed by atoms with Crippen molar-refractivity contribution in [3.05, 3.63) is 91.9 Å². The van der Waals surface area contributed by atoms with E-state index in [4.69, 9.17) is 0 Å². The molecule has 0 amide bonds. The first-order valence-electron chi connectivity index (χ1n) is 9.40. The Morgan fingerprint density at radius 1 is 0.806 bits per heavy atom. The minimum Gasteiger partial charge on any atom is -0.295 e. The highest BCUT2D eigenvalue weighted by Gasteiger charge is 2.05. The molecule has 0 radical (unpaired) electrons. The summed E-state index contributed by atoms with van der Waals surface area (Å²) in [6, 6.07) is 15.0. The molecule has 2 heterocycles. The Labute approximate surface area is 199 Å². The number of Topliss-reactive ketones (excluding diaryl/α,β-unsaturated/α-hetero) is 2. The summed E-state index contributed by atoms with van der Waals surface area (Å²) >= 11 is 6.53. The van der Waals surface area contributed by atoms with Gasteiger partial charge in [-0.15, -0.1) is 22.7 Å². The van der Waals surface area contributed by atoms with Crippen LogP contribution in [0, 0.1) is 13.8 Å². The van der Waals surface area contributed by atoms with Crippen molar-refractivity contribution in [2.45, 2.75) is 27.7 Å². The van der Waals surface area contributed by atoms with Crippen LogP contribution in [0.5, 0.6) is 0 Å². The van der Waals surface area contributed by atoms with Gasteiger partial charge in [-0.1, -0.05) is 52.3 Å². The number of carbonyl (C=O) groups excluding carboxylic acids is 2. The van der Waals surface area contributed by atoms with Gasteiger partial charge in [0.1, 0.15) is 0 Å². The van der Waals surface area contributed by atoms with Gasteiger partial charge in [-0.2, -0.15) is 0 Å². The van der Waals surface area contributed by atoms with Crippen molar-refractivity contribution in [3.63, 3.8) is 0 Å². The van der Waals surface area contributed by atoms with Crippen LogP contribution in [0.3, 0.4) is 0 Å². The van der Waals surface area contributed by atoms with E-state index in [2.05, 4.69) is 25.9 Å². The molecule has 0 unspecified atom stereocenters. The summed E-state index contributed by atoms with van der Waals surface area (Å²) in [5, 5.41) is 2.01. The molecule has 4 aromatic rings. The molecule has 0 bridgehead atoms. The van der Waals surface area contributed by atoms with Gasteiger partial charge in [0.2, 0.25) is 0 Å². The third-order valence-electron chi connectivity index (χ3n) is 4.11. The standard InChI is InChI=1S/C12H11NOS.C8H7BrO.C4H5NS/c1-8-12(15-7-13-8)11-5-3-10(4-6-11)9(2)14;1-6(10)7-2-4-8(9)5-3-7;1-4-2-6-3-5-4/h3-7H,1-2H3;2-5H,1H3;2-3H,1H3. The second kappa shape index (κ2) is 12.4. The van der Waals surface area contributed by atoms with Crippen LogP contribution in [0.4, 0.5) is 0 Å². The van der Waals surface area contributed by atoms with Crippen LogP contribution in [-0.2, 0) is 0 Å². The van der Waals surface area contributed by atoms with Gasteiger partial charge >= 0.3 is 0 Å². The summed E-state index contributed by atoms with van der Waals surface area (Å²) in [4.78, 5) is 31.2. The van der Waals surface area contributed by atoms with E-state index in [1.807, 2.05) is 66.6 Å². The lowest BCUT2D eigenvalue weighted by Gasteiger charge is -2.00. The third-order valence-corrected chi connectivity index (χ3v) is 6.32. The van der Waals surface area contributed by atoms with E-state index in [0.29, 0.717) is 0 Å². The first-order chi connectivity index (χ1) is 14.8. The minimum atomic E-state index is 0.0996. The largest absolute Gasteiger partial charge is 0.295 e. The fraction of sp³-hybridized carbons (Fsp3) is 0.167. The second-order valence-corrected chi connectivity index (χ2v) is 9.08. The van der Waals surface area contributed by atoms with Gasteiger partial charge in [-0.05, 0) is 45.4 Å². The van der Waals surface area contributed by atoms with E-state index in [-0.39, 0.29) is 11.6 Å². The SMILES string of the molecule is CC(=O)c1ccc(-c2scnc2C)cc1.CC(=O)c1ccc(Br)cc1.Cc1cscn1. The van der Waals surface area contributed by atoms with Gasteiger partial charge in [0.25, 0.3) is 0 Å². The first-order valence-corrected chi connectivity index (χ1v) is 12.0. The van der Waals surface area contributed by atoms with Gasteiger partial charge < -0.3 is 0 Å². The Bertz CT molecular complexity index is 1100. The number of ketones is 2. The molecule has 0 N–H and O–H groups in total. The van der Waals surface area contributed by atoms with Crippen molar-refractivity contribution in [1.82, 2.24) is 9.97 Å². The number of halogens is 1. The summed E-state index contributed by atoms with van der Waals surface area (Å²) in [7, 11) is 0. The average Bonchev–Trinajstić information content (AvgIpc) is 3.40. The zero-order valence-corrected chi connectivity index (χ0v) is 21.0. The topological polar surface area (TPSA) is 59.9 Å². The van der Waals surface area contributed by atoms with Crippen molar-refractivity contribution in [2.24, 2.45) is 0 Å². The summed E-state index contributed by atoms with van der Waals surface area (Å²) in [6.07, 6.45) is 0. The fourth-order valence-electron chi connectivity index (χ4n) is 2.39. The number of aryl methyl sites for hydroxylation is 2. The molecule has 0 saturated heterocycles. The molecule has 0 saturated carbocycles. The molecule has 7 heteroatoms. The molecule has 0 atom stereocenters. The zero-order chi connectivity index (χ0) is 22.8. The molecular formula is C24H23BrN2O2S2. The number of hydrogen-bond donors (Lipinski definition) is 0. The maximum Gasteiger partial charge on any atom is 0.159 e. The lowest BCUT2D eigenvalue weighted by atomic mass is 10.1. The highest BCUT2D eigenvalue weighted by atomic mass is 79.9. The van der Waals surface area contributed by atoms with Crippen molar-refractivity contribution in [2.75, 3.05) is 0 Å². The Morgan fingerprint density at radius 2 is 1.35 bits per heavy atom. The molecule has 0 spiro atoms. The quantitative estimate of drug-likeness (QED) is 0.266. The second-order valence-electron chi connectivity index (χ2n) is 6.59. The number of benzene rings is 2. The van der Waals surface area contributed by atoms with Crippen LogP contribution in [0.1, 0.15) is 46.0 Å². The molecule has 2 aromatic heterocycles. The number of nitrogens with zero attached hydrogens (tertiary/aromatic N) is 2. The molecular weight excluding hydrogens is 492 g/mol. The molecule has 160 valence electrons. The predicted octanol–water partition coefficient (Wildman–Crippen LogP) is 7.42. The monoisotopic (exact) mass is 514 g/mol. The van der Waals surface area contributed by atoms with Crippen molar-refractivity contribution in [3.8, 4) is 10.4 Å². The van der Waals surface area contributed by atoms with Gasteiger partial charge in [0.15, 0.2) is 11.6 Å². The highest BCUT2D eigenvalue weighted by molar-refractivity contribution is 9.10. The zero-order valence-electron chi connectivity index (χ0n) is 17.8. The Morgan fingerprint density at radius 3 is 1.71 bits per heavy atom. The van der Waals surface area contributed by atoms with E-state index in [0.717, 1.165) is 32.6 Å². The number of rotatable bonds is 3. The van der Waals surface area contributed by atoms with Crippen LogP contribution in [-0.4, -0.2) is 21.5 Å². The van der Waals surface area contributed by atoms with Gasteiger partial charge in [0, 0.05) is 26.7 Å². The molecule has 4 rings (SSSR count). The fourth-order valence-corrected chi connectivity index (χ4v) is 4.01. The van der Waals surface area contributed by atoms with Gasteiger partial charge in [-0.3, -0.25) is 14.6 Å². The van der Waals surface area contributed by atoms with E-state index in [9.17, 15) is 9.59 Å². The molecule has 0 aliphatic rings. The maximum absolute atomic E-state index is 11.1. The van der Waals surface area contributed by atoms with Crippen molar-refractivity contribution in [1.29, 1.82) is 0 Å². The maximum atomic E-state index is 11.1. The average molecular weight is 515 g/mol. The minimum absolute atomic E-state index is 0.0996. The highest BCUT2D eigenvalue weighted by Crippen LogP contribution is 2.27. The summed E-state index contributed by atoms with van der Waals surface area (Å²) < 4.78 is 0.998. The number of carbonyl (C=O) groups is 2. The van der Waals surface area contributed by atoms with E-state index in [1.54, 1.807) is 48.7 Å². The van der Waals surface area contributed by atoms with Crippen molar-refractivity contribution >= 4 is 50.2 Å². The molecule has 0 aliphatic heterocycles. The molecule has 4 nitrogen and oxygen atoms in total. The molecule has 0 aliphatic carbocycles. The van der Waals surface area contributed by atoms with E-state index >= 15 is 0 Å². The third kappa shape index (κ3) is 8.28. The summed E-state index contributed by atoms with van der Waals surface area (Å²) in [6.45, 7) is 7.11. The lowest BCUT2D eigenvalue weighted by molar-refractivity contribution is 0.100. The van der Waals surface area contributed by atoms with Crippen LogP contribution >= 0.6 is 38.6 Å². The molecule has 0 fully saturated rings. The van der Waals surface area contributed by atoms with Gasteiger partial charge in [0.05, 0.1) is 21.6 Å². The van der Waals surface area contributed by atoms with Gasteiger partial charge in [-0.25, -0.2) is 4.98 Å². The Balaban J connectivity index is 0.000000183. The van der Waals surface area contributed by atoms with Crippen LogP contribution < -0.4 is 0 Å². The molecule has 2 aromatic carbocycles. The summed E-state index contributed by atoms with van der Waals surface area (Å²) in [5.41, 5.74) is 8.44. The normalized spacial score (nSPS) is 9.71. The smallest absolute Gasteiger partial charge is 0.159 e. The molecule has 31 heavy (non-hydrogen) atoms. The lowest BCUT2D eigenvalue weighted by Crippen LogP contribution is -1.90. The van der Waals surface area contributed by atoms with E-state index < -0.39 is 0 Å². The summed E-state index contributed by atoms with van der Waals surface area (Å²) in [5.74, 6) is 0.204. The van der Waals surface area contributed by atoms with E-state index in [1.165, 1.54) is 4.88 Å². The van der Waals surface area contributed by atoms with Crippen LogP contribution in [0.15, 0.2) is 69.4 Å². The number of thiazole rings is 2. The van der Waals surface area contributed by atoms with Crippen molar-refractivity contribution < 1.29 is 9.59 Å². The Hall–Kier alpha value is -2.48. The Kier molecular flexibility index (Phi) is 9.91.